The number of pyridine rings is 2. The number of hydrogen-bond acceptors (Lipinski definition) is 9. The third kappa shape index (κ3) is 5.08. The molecule has 0 bridgehead atoms. The lowest BCUT2D eigenvalue weighted by Gasteiger charge is -2.15. The number of thioether (sulfide) groups is 1. The van der Waals surface area contributed by atoms with Crippen molar-refractivity contribution in [1.29, 1.82) is 0 Å². The van der Waals surface area contributed by atoms with E-state index in [9.17, 15) is 9.59 Å². The van der Waals surface area contributed by atoms with Crippen molar-refractivity contribution in [3.63, 3.8) is 0 Å². The highest BCUT2D eigenvalue weighted by Gasteiger charge is 2.25. The molecule has 0 saturated heterocycles. The quantitative estimate of drug-likeness (QED) is 0.413. The minimum absolute atomic E-state index is 0.252. The van der Waals surface area contributed by atoms with E-state index in [0.717, 1.165) is 30.0 Å². The van der Waals surface area contributed by atoms with E-state index >= 15 is 0 Å². The highest BCUT2D eigenvalue weighted by molar-refractivity contribution is 7.98. The molecule has 0 unspecified atom stereocenters. The number of carbonyl (C=O) groups excluding carboxylic acids is 1. The lowest BCUT2D eigenvalue weighted by atomic mass is 10.2. The molecule has 2 N–H and O–H groups in total. The van der Waals surface area contributed by atoms with Crippen LogP contribution in [0.15, 0.2) is 58.7 Å². The molecule has 32 heavy (non-hydrogen) atoms. The lowest BCUT2D eigenvalue weighted by molar-refractivity contribution is 0.0600. The minimum atomic E-state index is -0.500. The Morgan fingerprint density at radius 2 is 1.81 bits per heavy atom. The van der Waals surface area contributed by atoms with Gasteiger partial charge in [0.1, 0.15) is 5.82 Å². The third-order valence-corrected chi connectivity index (χ3v) is 6.02. The number of nitrogens with one attached hydrogen (secondary N) is 2. The maximum atomic E-state index is 12.2. The Labute approximate surface area is 189 Å². The monoisotopic (exact) mass is 452 g/mol. The van der Waals surface area contributed by atoms with Gasteiger partial charge in [-0.3, -0.25) is 9.36 Å². The zero-order chi connectivity index (χ0) is 22.5. The molecule has 3 aromatic rings. The third-order valence-electron chi connectivity index (χ3n) is 5.34. The molecule has 3 aromatic heterocycles. The zero-order valence-electron chi connectivity index (χ0n) is 17.8. The van der Waals surface area contributed by atoms with Crippen molar-refractivity contribution in [2.45, 2.75) is 36.2 Å². The first-order valence-electron chi connectivity index (χ1n) is 10.2. The van der Waals surface area contributed by atoms with Gasteiger partial charge in [-0.05, 0) is 43.7 Å². The molecule has 0 radical (unpaired) electrons. The van der Waals surface area contributed by atoms with E-state index < -0.39 is 5.97 Å². The number of rotatable bonds is 7. The van der Waals surface area contributed by atoms with Crippen LogP contribution in [-0.2, 0) is 4.74 Å². The van der Waals surface area contributed by atoms with Crippen LogP contribution in [0.5, 0.6) is 0 Å². The van der Waals surface area contributed by atoms with Crippen molar-refractivity contribution in [2.75, 3.05) is 24.0 Å². The van der Waals surface area contributed by atoms with E-state index in [2.05, 4.69) is 25.6 Å². The van der Waals surface area contributed by atoms with Crippen molar-refractivity contribution in [1.82, 2.24) is 19.5 Å². The molecular weight excluding hydrogens is 428 g/mol. The van der Waals surface area contributed by atoms with Crippen LogP contribution < -0.4 is 16.2 Å². The average molecular weight is 453 g/mol. The van der Waals surface area contributed by atoms with Crippen LogP contribution in [0.25, 0.3) is 5.69 Å². The number of ether oxygens (including phenoxy) is 1. The Morgan fingerprint density at radius 3 is 2.47 bits per heavy atom. The Bertz CT molecular complexity index is 1130. The first-order chi connectivity index (χ1) is 15.6. The van der Waals surface area contributed by atoms with Crippen LogP contribution in [0.3, 0.4) is 0 Å². The molecule has 0 aliphatic heterocycles. The van der Waals surface area contributed by atoms with Crippen LogP contribution in [0.2, 0.25) is 0 Å². The number of carbonyl (C=O) groups is 1. The second-order valence-electron chi connectivity index (χ2n) is 7.46. The van der Waals surface area contributed by atoms with Gasteiger partial charge in [0.2, 0.25) is 5.95 Å². The summed E-state index contributed by atoms with van der Waals surface area (Å²) in [5.74, 6) is 0.882. The maximum Gasteiger partial charge on any atom is 0.339 e. The molecular formula is C22H24N6O3S. The Kier molecular flexibility index (Phi) is 6.69. The molecule has 9 nitrogen and oxygen atoms in total. The normalized spacial score (nSPS) is 17.7. The van der Waals surface area contributed by atoms with Gasteiger partial charge in [-0.1, -0.05) is 0 Å². The minimum Gasteiger partial charge on any atom is -0.465 e. The number of nitrogens with zero attached hydrogens (tertiary/aromatic N) is 4. The van der Waals surface area contributed by atoms with Crippen molar-refractivity contribution in [3.05, 3.63) is 65.0 Å². The van der Waals surface area contributed by atoms with Crippen LogP contribution in [0.4, 0.5) is 11.8 Å². The Hall–Kier alpha value is -3.40. The summed E-state index contributed by atoms with van der Waals surface area (Å²) in [4.78, 5) is 38.2. The molecule has 1 saturated carbocycles. The fourth-order valence-electron chi connectivity index (χ4n) is 3.67. The predicted molar refractivity (Wildman–Crippen MR) is 124 cm³/mol. The summed E-state index contributed by atoms with van der Waals surface area (Å²) in [6.45, 7) is 0. The van der Waals surface area contributed by atoms with Gasteiger partial charge in [0.15, 0.2) is 0 Å². The summed E-state index contributed by atoms with van der Waals surface area (Å²) in [7, 11) is 1.30. The molecule has 0 spiro atoms. The van der Waals surface area contributed by atoms with E-state index in [4.69, 9.17) is 4.74 Å². The standard InChI is InChI=1S/C22H24N6O3S/c1-31-21(30)14-3-8-20(29)28(13-14)17-6-7-19(23-10-17)26-15-4-5-16(9-15)27-22-24-11-18(32-2)12-25-22/h3,6-8,10-13,15-16H,4-5,9H2,1-2H3,(H,23,26)(H,24,25,27)/t15-,16-/m0/s1. The van der Waals surface area contributed by atoms with Crippen LogP contribution in [0.1, 0.15) is 29.6 Å². The summed E-state index contributed by atoms with van der Waals surface area (Å²) >= 11 is 1.62. The smallest absolute Gasteiger partial charge is 0.339 e. The van der Waals surface area contributed by atoms with Crippen molar-refractivity contribution in [2.24, 2.45) is 0 Å². The summed E-state index contributed by atoms with van der Waals surface area (Å²) < 4.78 is 6.10. The zero-order valence-corrected chi connectivity index (χ0v) is 18.6. The lowest BCUT2D eigenvalue weighted by Crippen LogP contribution is -2.22. The van der Waals surface area contributed by atoms with Gasteiger partial charge in [-0.15, -0.1) is 11.8 Å². The summed E-state index contributed by atoms with van der Waals surface area (Å²) in [6, 6.07) is 6.98. The van der Waals surface area contributed by atoms with E-state index in [-0.39, 0.29) is 11.6 Å². The summed E-state index contributed by atoms with van der Waals surface area (Å²) in [5, 5.41) is 6.85. The van der Waals surface area contributed by atoms with E-state index in [1.165, 1.54) is 30.0 Å². The highest BCUT2D eigenvalue weighted by Crippen LogP contribution is 2.25. The number of aromatic nitrogens is 4. The maximum absolute atomic E-state index is 12.2. The van der Waals surface area contributed by atoms with Gasteiger partial charge >= 0.3 is 5.97 Å². The first-order valence-corrected chi connectivity index (χ1v) is 11.4. The number of esters is 1. The molecule has 166 valence electrons. The van der Waals surface area contributed by atoms with E-state index in [1.54, 1.807) is 24.0 Å². The van der Waals surface area contributed by atoms with E-state index in [0.29, 0.717) is 23.2 Å². The molecule has 1 fully saturated rings. The van der Waals surface area contributed by atoms with Crippen LogP contribution >= 0.6 is 11.8 Å². The second kappa shape index (κ2) is 9.82. The van der Waals surface area contributed by atoms with Crippen LogP contribution in [0, 0.1) is 0 Å². The largest absolute Gasteiger partial charge is 0.465 e. The van der Waals surface area contributed by atoms with E-state index in [1.807, 2.05) is 24.7 Å². The molecule has 1 aliphatic rings. The number of methoxy groups -OCH3 is 1. The molecule has 0 amide bonds. The SMILES string of the molecule is COC(=O)c1ccc(=O)n(-c2ccc(N[C@H]3CC[C@H](Nc4ncc(SC)cn4)C3)nc2)c1. The van der Waals surface area contributed by atoms with Gasteiger partial charge in [0, 0.05) is 41.6 Å². The van der Waals surface area contributed by atoms with Gasteiger partial charge in [0.25, 0.3) is 5.56 Å². The van der Waals surface area contributed by atoms with Gasteiger partial charge in [-0.25, -0.2) is 19.7 Å². The predicted octanol–water partition coefficient (Wildman–Crippen LogP) is 2.98. The first kappa shape index (κ1) is 21.8. The highest BCUT2D eigenvalue weighted by atomic mass is 32.2. The summed E-state index contributed by atoms with van der Waals surface area (Å²) in [5.41, 5.74) is 0.617. The van der Waals surface area contributed by atoms with Crippen molar-refractivity contribution in [3.8, 4) is 5.69 Å². The molecule has 4 rings (SSSR count). The van der Waals surface area contributed by atoms with Gasteiger partial charge in [0.05, 0.1) is 24.6 Å². The number of anilines is 2. The average Bonchev–Trinajstić information content (AvgIpc) is 3.26. The molecule has 3 heterocycles. The Balaban J connectivity index is 1.37. The topological polar surface area (TPSA) is 111 Å². The molecule has 1 aliphatic carbocycles. The summed E-state index contributed by atoms with van der Waals surface area (Å²) in [6.07, 6.45) is 11.7. The molecule has 0 aromatic carbocycles. The Morgan fingerprint density at radius 1 is 1.06 bits per heavy atom. The fraction of sp³-hybridized carbons (Fsp3) is 0.318. The fourth-order valence-corrected chi connectivity index (χ4v) is 3.99. The van der Waals surface area contributed by atoms with Crippen molar-refractivity contribution < 1.29 is 9.53 Å². The molecule has 2 atom stereocenters. The van der Waals surface area contributed by atoms with Gasteiger partial charge < -0.3 is 15.4 Å². The van der Waals surface area contributed by atoms with Crippen molar-refractivity contribution >= 4 is 29.5 Å². The van der Waals surface area contributed by atoms with Gasteiger partial charge in [-0.2, -0.15) is 0 Å². The molecule has 10 heteroatoms. The number of hydrogen-bond donors (Lipinski definition) is 2. The second-order valence-corrected chi connectivity index (χ2v) is 8.34. The van der Waals surface area contributed by atoms with Crippen LogP contribution in [-0.4, -0.2) is 50.9 Å².